The third kappa shape index (κ3) is 3.21. The van der Waals surface area contributed by atoms with Crippen LogP contribution < -0.4 is 4.90 Å². The summed E-state index contributed by atoms with van der Waals surface area (Å²) in [6.45, 7) is 5.98. The zero-order chi connectivity index (χ0) is 15.4. The summed E-state index contributed by atoms with van der Waals surface area (Å²) in [5.74, 6) is 0. The topological polar surface area (TPSA) is 33.4 Å². The molecule has 0 N–H and O–H groups in total. The van der Waals surface area contributed by atoms with Gasteiger partial charge in [0.05, 0.1) is 17.6 Å². The van der Waals surface area contributed by atoms with Crippen LogP contribution in [0.1, 0.15) is 19.5 Å². The molecule has 0 atom stereocenters. The van der Waals surface area contributed by atoms with Crippen LogP contribution in [-0.4, -0.2) is 28.5 Å². The molecule has 0 radical (unpaired) electrons. The van der Waals surface area contributed by atoms with Gasteiger partial charge in [0.25, 0.3) is 0 Å². The number of aryl methyl sites for hydroxylation is 1. The normalized spacial score (nSPS) is 10.1. The van der Waals surface area contributed by atoms with Crippen LogP contribution in [0.3, 0.4) is 0 Å². The van der Waals surface area contributed by atoms with Gasteiger partial charge in [-0.25, -0.2) is 4.98 Å². The molecule has 0 amide bonds. The third-order valence-electron chi connectivity index (χ3n) is 3.15. The molecule has 3 aromatic rings. The fourth-order valence-corrected chi connectivity index (χ4v) is 2.07. The van der Waals surface area contributed by atoms with Gasteiger partial charge in [-0.3, -0.25) is 4.98 Å². The van der Waals surface area contributed by atoms with E-state index < -0.39 is 0 Å². The van der Waals surface area contributed by atoms with E-state index in [2.05, 4.69) is 39.1 Å². The largest absolute Gasteiger partial charge is 0.378 e. The molecule has 0 aliphatic rings. The summed E-state index contributed by atoms with van der Waals surface area (Å²) in [7, 11) is 4.07. The van der Waals surface area contributed by atoms with E-state index in [9.17, 15) is 0 Å². The Bertz CT molecular complexity index is 711. The number of benzene rings is 1. The molecule has 0 saturated carbocycles. The molecule has 4 heteroatoms. The maximum absolute atomic E-state index is 4.59. The summed E-state index contributed by atoms with van der Waals surface area (Å²) in [6, 6.07) is 8.39. The molecule has 0 aliphatic carbocycles. The summed E-state index contributed by atoms with van der Waals surface area (Å²) in [4.78, 5) is 10.9. The van der Waals surface area contributed by atoms with Gasteiger partial charge in [0.2, 0.25) is 0 Å². The van der Waals surface area contributed by atoms with E-state index in [1.54, 1.807) is 6.20 Å². The van der Waals surface area contributed by atoms with Gasteiger partial charge in [-0.1, -0.05) is 26.0 Å². The fourth-order valence-electron chi connectivity index (χ4n) is 2.07. The number of fused-ring (bicyclic) bond motifs is 1. The van der Waals surface area contributed by atoms with E-state index >= 15 is 0 Å². The first-order chi connectivity index (χ1) is 10.1. The standard InChI is InChI=1S/C15H16N4.C2H6/c1-11-9-19-10-14(17-15(19)8-16-11)12-4-6-13(7-5-12)18(2)3;1-2/h4-10H,1-3H3;1-2H3. The lowest BCUT2D eigenvalue weighted by atomic mass is 10.1. The highest BCUT2D eigenvalue weighted by atomic mass is 15.1. The van der Waals surface area contributed by atoms with Crippen LogP contribution in [0.25, 0.3) is 16.9 Å². The van der Waals surface area contributed by atoms with E-state index in [1.165, 1.54) is 5.69 Å². The van der Waals surface area contributed by atoms with E-state index in [4.69, 9.17) is 0 Å². The van der Waals surface area contributed by atoms with Gasteiger partial charge in [-0.2, -0.15) is 0 Å². The minimum absolute atomic E-state index is 0.872. The van der Waals surface area contributed by atoms with E-state index in [1.807, 2.05) is 51.7 Å². The molecule has 0 saturated heterocycles. The second kappa shape index (κ2) is 6.39. The second-order valence-electron chi connectivity index (χ2n) is 4.86. The molecule has 110 valence electrons. The predicted molar refractivity (Wildman–Crippen MR) is 88.8 cm³/mol. The van der Waals surface area contributed by atoms with Crippen molar-refractivity contribution in [2.24, 2.45) is 0 Å². The summed E-state index contributed by atoms with van der Waals surface area (Å²) in [5, 5.41) is 0. The molecule has 0 spiro atoms. The van der Waals surface area contributed by atoms with Crippen molar-refractivity contribution in [2.75, 3.05) is 19.0 Å². The van der Waals surface area contributed by atoms with Gasteiger partial charge in [-0.15, -0.1) is 0 Å². The van der Waals surface area contributed by atoms with Crippen molar-refractivity contribution < 1.29 is 0 Å². The molecular formula is C17H22N4. The molecule has 2 heterocycles. The lowest BCUT2D eigenvalue weighted by molar-refractivity contribution is 1.07. The van der Waals surface area contributed by atoms with Crippen LogP contribution in [0.4, 0.5) is 5.69 Å². The van der Waals surface area contributed by atoms with Crippen molar-refractivity contribution in [3.8, 4) is 11.3 Å². The number of nitrogens with zero attached hydrogens (tertiary/aromatic N) is 4. The molecule has 0 unspecified atom stereocenters. The highest BCUT2D eigenvalue weighted by Gasteiger charge is 2.05. The van der Waals surface area contributed by atoms with Crippen molar-refractivity contribution in [3.05, 3.63) is 48.5 Å². The molecular weight excluding hydrogens is 260 g/mol. The first-order valence-corrected chi connectivity index (χ1v) is 7.22. The Labute approximate surface area is 126 Å². The van der Waals surface area contributed by atoms with Crippen molar-refractivity contribution in [3.63, 3.8) is 0 Å². The average molecular weight is 282 g/mol. The summed E-state index contributed by atoms with van der Waals surface area (Å²) >= 11 is 0. The predicted octanol–water partition coefficient (Wildman–Crippen LogP) is 3.80. The van der Waals surface area contributed by atoms with Gasteiger partial charge in [0.1, 0.15) is 0 Å². The number of hydrogen-bond donors (Lipinski definition) is 0. The maximum atomic E-state index is 4.59. The molecule has 0 fully saturated rings. The molecule has 3 rings (SSSR count). The Morgan fingerprint density at radius 2 is 1.67 bits per heavy atom. The second-order valence-corrected chi connectivity index (χ2v) is 4.86. The van der Waals surface area contributed by atoms with Gasteiger partial charge < -0.3 is 9.30 Å². The van der Waals surface area contributed by atoms with Gasteiger partial charge in [0, 0.05) is 37.7 Å². The molecule has 4 nitrogen and oxygen atoms in total. The number of aromatic nitrogens is 3. The highest BCUT2D eigenvalue weighted by molar-refractivity contribution is 5.65. The van der Waals surface area contributed by atoms with Crippen LogP contribution in [0.2, 0.25) is 0 Å². The lowest BCUT2D eigenvalue weighted by Crippen LogP contribution is -2.07. The van der Waals surface area contributed by atoms with Crippen LogP contribution >= 0.6 is 0 Å². The molecule has 2 aromatic heterocycles. The van der Waals surface area contributed by atoms with Crippen molar-refractivity contribution in [2.45, 2.75) is 20.8 Å². The Morgan fingerprint density at radius 3 is 2.29 bits per heavy atom. The lowest BCUT2D eigenvalue weighted by Gasteiger charge is -2.12. The number of anilines is 1. The summed E-state index contributed by atoms with van der Waals surface area (Å²) in [5.41, 5.74) is 5.13. The van der Waals surface area contributed by atoms with Crippen LogP contribution in [0, 0.1) is 6.92 Å². The zero-order valence-corrected chi connectivity index (χ0v) is 13.3. The highest BCUT2D eigenvalue weighted by Crippen LogP contribution is 2.22. The van der Waals surface area contributed by atoms with E-state index in [0.29, 0.717) is 0 Å². The van der Waals surface area contributed by atoms with Gasteiger partial charge >= 0.3 is 0 Å². The van der Waals surface area contributed by atoms with Crippen LogP contribution in [-0.2, 0) is 0 Å². The number of imidazole rings is 1. The number of hydrogen-bond acceptors (Lipinski definition) is 3. The molecule has 0 aliphatic heterocycles. The molecule has 0 bridgehead atoms. The van der Waals surface area contributed by atoms with E-state index in [-0.39, 0.29) is 0 Å². The third-order valence-corrected chi connectivity index (χ3v) is 3.15. The maximum Gasteiger partial charge on any atom is 0.155 e. The minimum Gasteiger partial charge on any atom is -0.378 e. The first-order valence-electron chi connectivity index (χ1n) is 7.22. The number of rotatable bonds is 2. The molecule has 21 heavy (non-hydrogen) atoms. The summed E-state index contributed by atoms with van der Waals surface area (Å²) < 4.78 is 2.01. The van der Waals surface area contributed by atoms with Crippen molar-refractivity contribution in [1.29, 1.82) is 0 Å². The Morgan fingerprint density at radius 1 is 1.00 bits per heavy atom. The van der Waals surface area contributed by atoms with Crippen molar-refractivity contribution >= 4 is 11.3 Å². The van der Waals surface area contributed by atoms with Crippen LogP contribution in [0.5, 0.6) is 0 Å². The van der Waals surface area contributed by atoms with Crippen molar-refractivity contribution in [1.82, 2.24) is 14.4 Å². The monoisotopic (exact) mass is 282 g/mol. The average Bonchev–Trinajstić information content (AvgIpc) is 2.92. The van der Waals surface area contributed by atoms with Gasteiger partial charge in [-0.05, 0) is 19.1 Å². The summed E-state index contributed by atoms with van der Waals surface area (Å²) in [6.07, 6.45) is 5.82. The Hall–Kier alpha value is -2.36. The smallest absolute Gasteiger partial charge is 0.155 e. The Kier molecular flexibility index (Phi) is 4.58. The quantitative estimate of drug-likeness (QED) is 0.717. The van der Waals surface area contributed by atoms with Gasteiger partial charge in [0.15, 0.2) is 5.65 Å². The first kappa shape index (κ1) is 15.0. The SMILES string of the molecule is CC.Cc1cn2cc(-c3ccc(N(C)C)cc3)nc2cn1. The fraction of sp³-hybridized carbons (Fsp3) is 0.294. The Balaban J connectivity index is 0.000000774. The molecule has 1 aromatic carbocycles. The minimum atomic E-state index is 0.872. The van der Waals surface area contributed by atoms with Crippen LogP contribution in [0.15, 0.2) is 42.9 Å². The van der Waals surface area contributed by atoms with E-state index in [0.717, 1.165) is 22.6 Å². The zero-order valence-electron chi connectivity index (χ0n) is 13.3.